The highest BCUT2D eigenvalue weighted by molar-refractivity contribution is 5.43. The molecule has 0 fully saturated rings. The second-order valence-corrected chi connectivity index (χ2v) is 5.94. The van der Waals surface area contributed by atoms with Crippen LogP contribution in [-0.2, 0) is 5.41 Å². The van der Waals surface area contributed by atoms with Crippen molar-refractivity contribution >= 4 is 0 Å². The van der Waals surface area contributed by atoms with Gasteiger partial charge in [0.1, 0.15) is 5.75 Å². The number of ether oxygens (including phenoxy) is 1. The highest BCUT2D eigenvalue weighted by Gasteiger charge is 2.33. The molecule has 1 heterocycles. The molecule has 0 bridgehead atoms. The third-order valence-corrected chi connectivity index (χ3v) is 3.76. The Morgan fingerprint density at radius 3 is 2.65 bits per heavy atom. The number of benzene rings is 1. The molecule has 0 aromatic heterocycles. The first-order chi connectivity index (χ1) is 7.95. The van der Waals surface area contributed by atoms with E-state index < -0.39 is 0 Å². The molecule has 2 heteroatoms. The summed E-state index contributed by atoms with van der Waals surface area (Å²) in [5.74, 6) is 1.57. The summed E-state index contributed by atoms with van der Waals surface area (Å²) in [5, 5.41) is 3.66. The molecule has 1 aromatic carbocycles. The van der Waals surface area contributed by atoms with Crippen molar-refractivity contribution in [3.05, 3.63) is 29.3 Å². The average Bonchev–Trinajstić information content (AvgIpc) is 2.28. The van der Waals surface area contributed by atoms with E-state index in [4.69, 9.17) is 4.74 Å². The molecule has 0 saturated heterocycles. The van der Waals surface area contributed by atoms with Gasteiger partial charge in [0.2, 0.25) is 0 Å². The van der Waals surface area contributed by atoms with E-state index in [2.05, 4.69) is 51.2 Å². The minimum atomic E-state index is 0.176. The lowest BCUT2D eigenvalue weighted by Crippen LogP contribution is -2.43. The van der Waals surface area contributed by atoms with Gasteiger partial charge in [0.15, 0.2) is 0 Å². The fourth-order valence-corrected chi connectivity index (χ4v) is 2.68. The number of rotatable bonds is 2. The van der Waals surface area contributed by atoms with Crippen LogP contribution in [0.25, 0.3) is 0 Å². The molecule has 1 N–H and O–H groups in total. The molecule has 1 unspecified atom stereocenters. The van der Waals surface area contributed by atoms with Crippen LogP contribution in [0.15, 0.2) is 18.2 Å². The van der Waals surface area contributed by atoms with Crippen molar-refractivity contribution in [2.24, 2.45) is 5.92 Å². The van der Waals surface area contributed by atoms with Gasteiger partial charge in [0.25, 0.3) is 0 Å². The van der Waals surface area contributed by atoms with Gasteiger partial charge in [-0.05, 0) is 29.2 Å². The van der Waals surface area contributed by atoms with Crippen molar-refractivity contribution in [3.63, 3.8) is 0 Å². The molecule has 0 spiro atoms. The van der Waals surface area contributed by atoms with Crippen LogP contribution in [0.5, 0.6) is 5.75 Å². The van der Waals surface area contributed by atoms with E-state index in [1.54, 1.807) is 7.11 Å². The van der Waals surface area contributed by atoms with Gasteiger partial charge in [-0.15, -0.1) is 0 Å². The van der Waals surface area contributed by atoms with E-state index in [-0.39, 0.29) is 5.41 Å². The van der Waals surface area contributed by atoms with Crippen LogP contribution >= 0.6 is 0 Å². The van der Waals surface area contributed by atoms with Crippen molar-refractivity contribution in [1.82, 2.24) is 5.32 Å². The second-order valence-electron chi connectivity index (χ2n) is 5.94. The van der Waals surface area contributed by atoms with Crippen LogP contribution in [0, 0.1) is 5.92 Å². The molecular formula is C15H23NO. The molecule has 1 aromatic rings. The quantitative estimate of drug-likeness (QED) is 0.846. The maximum Gasteiger partial charge on any atom is 0.119 e. The van der Waals surface area contributed by atoms with Crippen molar-refractivity contribution in [1.29, 1.82) is 0 Å². The Labute approximate surface area is 104 Å². The van der Waals surface area contributed by atoms with Crippen LogP contribution in [0.2, 0.25) is 0 Å². The van der Waals surface area contributed by atoms with Crippen LogP contribution in [0.1, 0.15) is 44.9 Å². The van der Waals surface area contributed by atoms with Gasteiger partial charge in [-0.3, -0.25) is 0 Å². The first kappa shape index (κ1) is 12.4. The molecule has 1 aliphatic heterocycles. The van der Waals surface area contributed by atoms with Crippen molar-refractivity contribution < 1.29 is 4.74 Å². The van der Waals surface area contributed by atoms with E-state index in [9.17, 15) is 0 Å². The molecule has 94 valence electrons. The fraction of sp³-hybridized carbons (Fsp3) is 0.600. The third-order valence-electron chi connectivity index (χ3n) is 3.76. The van der Waals surface area contributed by atoms with E-state index in [0.717, 1.165) is 12.3 Å². The van der Waals surface area contributed by atoms with Gasteiger partial charge < -0.3 is 10.1 Å². The first-order valence-corrected chi connectivity index (χ1v) is 6.37. The predicted octanol–water partition coefficient (Wildman–Crippen LogP) is 3.27. The molecule has 1 atom stereocenters. The van der Waals surface area contributed by atoms with Gasteiger partial charge in [-0.2, -0.15) is 0 Å². The normalized spacial score (nSPS) is 22.4. The maximum atomic E-state index is 5.35. The fourth-order valence-electron chi connectivity index (χ4n) is 2.68. The third kappa shape index (κ3) is 2.19. The number of methoxy groups -OCH3 is 1. The molecule has 0 aliphatic carbocycles. The second kappa shape index (κ2) is 4.34. The zero-order chi connectivity index (χ0) is 12.6. The Morgan fingerprint density at radius 2 is 2.06 bits per heavy atom. The van der Waals surface area contributed by atoms with Gasteiger partial charge in [-0.1, -0.05) is 33.8 Å². The first-order valence-electron chi connectivity index (χ1n) is 6.37. The molecule has 0 radical (unpaired) electrons. The zero-order valence-electron chi connectivity index (χ0n) is 11.5. The Morgan fingerprint density at radius 1 is 1.35 bits per heavy atom. The van der Waals surface area contributed by atoms with Crippen molar-refractivity contribution in [2.45, 2.75) is 39.2 Å². The smallest absolute Gasteiger partial charge is 0.119 e. The number of nitrogens with one attached hydrogen (secondary N) is 1. The Kier molecular flexibility index (Phi) is 3.17. The zero-order valence-corrected chi connectivity index (χ0v) is 11.5. The van der Waals surface area contributed by atoms with Crippen LogP contribution in [0.4, 0.5) is 0 Å². The molecule has 2 rings (SSSR count). The topological polar surface area (TPSA) is 21.3 Å². The largest absolute Gasteiger partial charge is 0.497 e. The van der Waals surface area contributed by atoms with E-state index >= 15 is 0 Å². The van der Waals surface area contributed by atoms with Crippen molar-refractivity contribution in [2.75, 3.05) is 13.7 Å². The summed E-state index contributed by atoms with van der Waals surface area (Å²) in [4.78, 5) is 0. The van der Waals surface area contributed by atoms with Gasteiger partial charge in [0.05, 0.1) is 7.11 Å². The summed E-state index contributed by atoms with van der Waals surface area (Å²) < 4.78 is 5.35. The predicted molar refractivity (Wildman–Crippen MR) is 71.6 cm³/mol. The lowest BCUT2D eigenvalue weighted by Gasteiger charge is -2.39. The van der Waals surface area contributed by atoms with Crippen LogP contribution < -0.4 is 10.1 Å². The summed E-state index contributed by atoms with van der Waals surface area (Å²) in [7, 11) is 1.73. The van der Waals surface area contributed by atoms with Crippen molar-refractivity contribution in [3.8, 4) is 5.75 Å². The maximum absolute atomic E-state index is 5.35. The summed E-state index contributed by atoms with van der Waals surface area (Å²) in [6, 6.07) is 6.94. The van der Waals surface area contributed by atoms with Gasteiger partial charge in [0, 0.05) is 18.0 Å². The average molecular weight is 233 g/mol. The lowest BCUT2D eigenvalue weighted by molar-refractivity contribution is 0.324. The molecule has 1 aliphatic rings. The van der Waals surface area contributed by atoms with Crippen LogP contribution in [0.3, 0.4) is 0 Å². The Bertz CT molecular complexity index is 409. The summed E-state index contributed by atoms with van der Waals surface area (Å²) in [6.45, 7) is 10.1. The van der Waals surface area contributed by atoms with Crippen LogP contribution in [-0.4, -0.2) is 13.7 Å². The monoisotopic (exact) mass is 233 g/mol. The number of fused-ring (bicyclic) bond motifs is 1. The highest BCUT2D eigenvalue weighted by Crippen LogP contribution is 2.38. The summed E-state index contributed by atoms with van der Waals surface area (Å²) >= 11 is 0. The molecule has 0 saturated carbocycles. The standard InChI is InChI=1S/C15H23NO/c1-10(2)14-12-7-6-11(17-5)8-13(12)15(3,4)9-16-14/h6-8,10,14,16H,9H2,1-5H3. The lowest BCUT2D eigenvalue weighted by atomic mass is 9.74. The molecular weight excluding hydrogens is 210 g/mol. The SMILES string of the molecule is COc1ccc2c(c1)C(C)(C)CNC2C(C)C. The highest BCUT2D eigenvalue weighted by atomic mass is 16.5. The minimum absolute atomic E-state index is 0.176. The molecule has 2 nitrogen and oxygen atoms in total. The summed E-state index contributed by atoms with van der Waals surface area (Å²) in [6.07, 6.45) is 0. The Balaban J connectivity index is 2.51. The van der Waals surface area contributed by atoms with E-state index in [1.165, 1.54) is 11.1 Å². The minimum Gasteiger partial charge on any atom is -0.497 e. The molecule has 0 amide bonds. The number of hydrogen-bond acceptors (Lipinski definition) is 2. The molecule has 17 heavy (non-hydrogen) atoms. The van der Waals surface area contributed by atoms with Gasteiger partial charge >= 0.3 is 0 Å². The number of hydrogen-bond donors (Lipinski definition) is 1. The van der Waals surface area contributed by atoms with Gasteiger partial charge in [-0.25, -0.2) is 0 Å². The summed E-state index contributed by atoms with van der Waals surface area (Å²) in [5.41, 5.74) is 3.03. The Hall–Kier alpha value is -1.02. The van der Waals surface area contributed by atoms with E-state index in [1.807, 2.05) is 0 Å². The van der Waals surface area contributed by atoms with E-state index in [0.29, 0.717) is 12.0 Å².